The molecule has 3 aromatic rings. The Labute approximate surface area is 186 Å². The molecule has 5 rings (SSSR count). The molecule has 156 valence electrons. The number of para-hydroxylation sites is 3. The Balaban J connectivity index is 1.43. The summed E-state index contributed by atoms with van der Waals surface area (Å²) in [4.78, 5) is 22.2. The highest BCUT2D eigenvalue weighted by molar-refractivity contribution is 6.30. The number of hydrogen-bond donors (Lipinski definition) is 0. The Hall–Kier alpha value is -3.31. The minimum atomic E-state index is 0.0284. The predicted octanol–water partition coefficient (Wildman–Crippen LogP) is 5.37. The van der Waals surface area contributed by atoms with Gasteiger partial charge in [0.25, 0.3) is 5.91 Å². The Kier molecular flexibility index (Phi) is 5.12. The number of nitrogens with zero attached hydrogens (tertiary/aromatic N) is 3. The molecule has 2 aliphatic heterocycles. The number of halogens is 1. The highest BCUT2D eigenvalue weighted by atomic mass is 35.5. The molecule has 6 heteroatoms. The van der Waals surface area contributed by atoms with Crippen LogP contribution >= 0.6 is 11.6 Å². The summed E-state index contributed by atoms with van der Waals surface area (Å²) >= 11 is 5.97. The van der Waals surface area contributed by atoms with Crippen molar-refractivity contribution in [3.05, 3.63) is 88.9 Å². The van der Waals surface area contributed by atoms with Crippen LogP contribution in [-0.2, 0) is 0 Å². The number of aliphatic imine (C=N–C) groups is 1. The maximum Gasteiger partial charge on any atom is 0.254 e. The number of amides is 1. The SMILES string of the molecule is CC1CN(C2=Nc3ccccc3Oc3ccccc32)CCN1C(=O)c1ccc(Cl)cc1. The molecule has 1 unspecified atom stereocenters. The number of fused-ring (bicyclic) bond motifs is 2. The largest absolute Gasteiger partial charge is 0.454 e. The van der Waals surface area contributed by atoms with Crippen LogP contribution in [0.25, 0.3) is 0 Å². The highest BCUT2D eigenvalue weighted by Crippen LogP contribution is 2.38. The minimum Gasteiger partial charge on any atom is -0.454 e. The quantitative estimate of drug-likeness (QED) is 0.520. The molecule has 0 radical (unpaired) electrons. The van der Waals surface area contributed by atoms with Crippen LogP contribution in [0, 0.1) is 0 Å². The van der Waals surface area contributed by atoms with Crippen molar-refractivity contribution in [1.82, 2.24) is 9.80 Å². The lowest BCUT2D eigenvalue weighted by molar-refractivity contribution is 0.0581. The van der Waals surface area contributed by atoms with Gasteiger partial charge in [-0.25, -0.2) is 4.99 Å². The fourth-order valence-corrected chi connectivity index (χ4v) is 4.25. The minimum absolute atomic E-state index is 0.0284. The topological polar surface area (TPSA) is 45.1 Å². The molecule has 0 N–H and O–H groups in total. The molecule has 3 aromatic carbocycles. The molecule has 0 bridgehead atoms. The Morgan fingerprint density at radius 1 is 0.968 bits per heavy atom. The summed E-state index contributed by atoms with van der Waals surface area (Å²) in [6.45, 7) is 4.08. The second-order valence-electron chi connectivity index (χ2n) is 7.80. The van der Waals surface area contributed by atoms with Crippen molar-refractivity contribution >= 4 is 29.0 Å². The third kappa shape index (κ3) is 3.77. The molecule has 1 fully saturated rings. The summed E-state index contributed by atoms with van der Waals surface area (Å²) < 4.78 is 6.16. The van der Waals surface area contributed by atoms with Crippen molar-refractivity contribution in [3.8, 4) is 11.5 Å². The van der Waals surface area contributed by atoms with Gasteiger partial charge in [0.05, 0.1) is 5.56 Å². The first-order chi connectivity index (χ1) is 15.1. The molecule has 5 nitrogen and oxygen atoms in total. The van der Waals surface area contributed by atoms with Gasteiger partial charge in [-0.2, -0.15) is 0 Å². The Morgan fingerprint density at radius 3 is 2.45 bits per heavy atom. The molecule has 0 aliphatic carbocycles. The lowest BCUT2D eigenvalue weighted by Gasteiger charge is -2.41. The van der Waals surface area contributed by atoms with Gasteiger partial charge in [0.15, 0.2) is 5.75 Å². The van der Waals surface area contributed by atoms with Gasteiger partial charge in [0, 0.05) is 36.3 Å². The Bertz CT molecular complexity index is 1160. The van der Waals surface area contributed by atoms with Gasteiger partial charge < -0.3 is 14.5 Å². The standard InChI is InChI=1S/C25H22ClN3O2/c1-17-16-28(14-15-29(17)25(30)18-10-12-19(26)13-11-18)24-20-6-2-4-8-22(20)31-23-9-5-3-7-21(23)27-24/h2-13,17H,14-16H2,1H3. The molecule has 0 saturated carbocycles. The number of rotatable bonds is 1. The highest BCUT2D eigenvalue weighted by Gasteiger charge is 2.31. The van der Waals surface area contributed by atoms with Crippen LogP contribution in [0.15, 0.2) is 77.8 Å². The van der Waals surface area contributed by atoms with Gasteiger partial charge in [0.2, 0.25) is 0 Å². The van der Waals surface area contributed by atoms with Gasteiger partial charge in [-0.3, -0.25) is 4.79 Å². The van der Waals surface area contributed by atoms with Gasteiger partial charge in [-0.1, -0.05) is 35.9 Å². The lowest BCUT2D eigenvalue weighted by atomic mass is 10.1. The molecule has 2 aliphatic rings. The van der Waals surface area contributed by atoms with Crippen LogP contribution in [0.2, 0.25) is 5.02 Å². The van der Waals surface area contributed by atoms with Crippen molar-refractivity contribution in [2.24, 2.45) is 4.99 Å². The van der Waals surface area contributed by atoms with E-state index >= 15 is 0 Å². The molecule has 2 heterocycles. The van der Waals surface area contributed by atoms with Crippen molar-refractivity contribution < 1.29 is 9.53 Å². The summed E-state index contributed by atoms with van der Waals surface area (Å²) in [7, 11) is 0. The zero-order valence-corrected chi connectivity index (χ0v) is 17.9. The van der Waals surface area contributed by atoms with E-state index < -0.39 is 0 Å². The summed E-state index contributed by atoms with van der Waals surface area (Å²) in [6, 6.07) is 22.9. The third-order valence-corrected chi connectivity index (χ3v) is 5.97. The average molecular weight is 432 g/mol. The van der Waals surface area contributed by atoms with E-state index in [1.807, 2.05) is 53.4 Å². The van der Waals surface area contributed by atoms with Crippen LogP contribution in [0.5, 0.6) is 11.5 Å². The molecular formula is C25H22ClN3O2. The number of ether oxygens (including phenoxy) is 1. The number of carbonyl (C=O) groups is 1. The monoisotopic (exact) mass is 431 g/mol. The third-order valence-electron chi connectivity index (χ3n) is 5.72. The van der Waals surface area contributed by atoms with Crippen molar-refractivity contribution in [3.63, 3.8) is 0 Å². The number of amidine groups is 1. The van der Waals surface area contributed by atoms with Crippen LogP contribution in [0.1, 0.15) is 22.8 Å². The Morgan fingerprint density at radius 2 is 1.68 bits per heavy atom. The number of piperazine rings is 1. The van der Waals surface area contributed by atoms with Gasteiger partial charge in [-0.15, -0.1) is 0 Å². The van der Waals surface area contributed by atoms with E-state index in [-0.39, 0.29) is 11.9 Å². The number of benzene rings is 3. The number of hydrogen-bond acceptors (Lipinski definition) is 4. The van der Waals surface area contributed by atoms with Gasteiger partial charge in [-0.05, 0) is 55.5 Å². The zero-order valence-electron chi connectivity index (χ0n) is 17.2. The zero-order chi connectivity index (χ0) is 21.4. The van der Waals surface area contributed by atoms with E-state index in [9.17, 15) is 4.79 Å². The second-order valence-corrected chi connectivity index (χ2v) is 8.24. The van der Waals surface area contributed by atoms with Crippen molar-refractivity contribution in [2.45, 2.75) is 13.0 Å². The molecule has 1 saturated heterocycles. The molecule has 0 spiro atoms. The summed E-state index contributed by atoms with van der Waals surface area (Å²) in [5.74, 6) is 2.44. The molecule has 31 heavy (non-hydrogen) atoms. The molecule has 0 aromatic heterocycles. The van der Waals surface area contributed by atoms with Gasteiger partial charge >= 0.3 is 0 Å². The van der Waals surface area contributed by atoms with Crippen LogP contribution in [0.4, 0.5) is 5.69 Å². The molecule has 1 atom stereocenters. The summed E-state index contributed by atoms with van der Waals surface area (Å²) in [5, 5.41) is 0.627. The fraction of sp³-hybridized carbons (Fsp3) is 0.200. The van der Waals surface area contributed by atoms with E-state index in [1.54, 1.807) is 24.3 Å². The smallest absolute Gasteiger partial charge is 0.254 e. The normalized spacial score (nSPS) is 17.7. The van der Waals surface area contributed by atoms with E-state index in [0.717, 1.165) is 28.6 Å². The van der Waals surface area contributed by atoms with Crippen LogP contribution in [-0.4, -0.2) is 47.2 Å². The number of carbonyl (C=O) groups excluding carboxylic acids is 1. The maximum absolute atomic E-state index is 13.0. The molecular weight excluding hydrogens is 410 g/mol. The van der Waals surface area contributed by atoms with E-state index in [4.69, 9.17) is 21.3 Å². The maximum atomic E-state index is 13.0. The first kappa shape index (κ1) is 19.6. The first-order valence-corrected chi connectivity index (χ1v) is 10.7. The van der Waals surface area contributed by atoms with Crippen molar-refractivity contribution in [2.75, 3.05) is 19.6 Å². The summed E-state index contributed by atoms with van der Waals surface area (Å²) in [5.41, 5.74) is 2.42. The van der Waals surface area contributed by atoms with E-state index in [0.29, 0.717) is 30.2 Å². The molecule has 1 amide bonds. The van der Waals surface area contributed by atoms with E-state index in [1.165, 1.54) is 0 Å². The first-order valence-electron chi connectivity index (χ1n) is 10.4. The summed E-state index contributed by atoms with van der Waals surface area (Å²) in [6.07, 6.45) is 0. The predicted molar refractivity (Wildman–Crippen MR) is 123 cm³/mol. The van der Waals surface area contributed by atoms with Gasteiger partial charge in [0.1, 0.15) is 17.3 Å². The average Bonchev–Trinajstić information content (AvgIpc) is 2.96. The fourth-order valence-electron chi connectivity index (χ4n) is 4.12. The second kappa shape index (κ2) is 8.08. The van der Waals surface area contributed by atoms with Crippen LogP contribution < -0.4 is 4.74 Å². The van der Waals surface area contributed by atoms with Crippen LogP contribution in [0.3, 0.4) is 0 Å². The van der Waals surface area contributed by atoms with E-state index in [2.05, 4.69) is 11.8 Å². The lowest BCUT2D eigenvalue weighted by Crippen LogP contribution is -2.55. The van der Waals surface area contributed by atoms with Crippen molar-refractivity contribution in [1.29, 1.82) is 0 Å².